The Morgan fingerprint density at radius 3 is 2.96 bits per heavy atom. The summed E-state index contributed by atoms with van der Waals surface area (Å²) in [6.07, 6.45) is 8.52. The lowest BCUT2D eigenvalue weighted by molar-refractivity contribution is 0.0670. The van der Waals surface area contributed by atoms with Crippen molar-refractivity contribution in [1.82, 2.24) is 24.1 Å². The van der Waals surface area contributed by atoms with Gasteiger partial charge in [0.25, 0.3) is 11.5 Å². The summed E-state index contributed by atoms with van der Waals surface area (Å²) in [5.41, 5.74) is 0.318. The lowest BCUT2D eigenvalue weighted by Gasteiger charge is -2.32. The van der Waals surface area contributed by atoms with E-state index in [4.69, 9.17) is 0 Å². The molecule has 0 saturated carbocycles. The van der Waals surface area contributed by atoms with Crippen molar-refractivity contribution in [3.05, 3.63) is 65.0 Å². The van der Waals surface area contributed by atoms with Crippen molar-refractivity contribution < 1.29 is 4.79 Å². The Kier molecular flexibility index (Phi) is 3.60. The monoisotopic (exact) mass is 323 g/mol. The van der Waals surface area contributed by atoms with E-state index in [1.165, 1.54) is 10.6 Å². The number of likely N-dealkylation sites (tertiary alicyclic amines) is 1. The average Bonchev–Trinajstić information content (AvgIpc) is 3.17. The zero-order valence-electron chi connectivity index (χ0n) is 13.1. The molecular formula is C17H17N5O2. The maximum Gasteiger partial charge on any atom is 0.270 e. The normalized spacial score (nSPS) is 18.0. The summed E-state index contributed by atoms with van der Waals surface area (Å²) < 4.78 is 3.28. The molecule has 0 unspecified atom stereocenters. The van der Waals surface area contributed by atoms with Crippen LogP contribution in [0.1, 0.15) is 29.2 Å². The predicted molar refractivity (Wildman–Crippen MR) is 87.9 cm³/mol. The van der Waals surface area contributed by atoms with E-state index in [0.717, 1.165) is 12.8 Å². The van der Waals surface area contributed by atoms with Gasteiger partial charge in [0.15, 0.2) is 0 Å². The zero-order chi connectivity index (χ0) is 16.5. The molecule has 3 aromatic rings. The van der Waals surface area contributed by atoms with E-state index in [9.17, 15) is 9.59 Å². The Bertz CT molecular complexity index is 932. The predicted octanol–water partition coefficient (Wildman–Crippen LogP) is 1.37. The highest BCUT2D eigenvalue weighted by atomic mass is 16.2. The summed E-state index contributed by atoms with van der Waals surface area (Å²) in [6.45, 7) is 1.20. The number of rotatable bonds is 2. The summed E-state index contributed by atoms with van der Waals surface area (Å²) in [5, 5.41) is 4.27. The summed E-state index contributed by atoms with van der Waals surface area (Å²) in [5.74, 6) is -0.261. The Balaban J connectivity index is 1.64. The number of amides is 1. The van der Waals surface area contributed by atoms with Gasteiger partial charge in [-0.15, -0.1) is 0 Å². The fourth-order valence-corrected chi connectivity index (χ4v) is 3.20. The molecule has 7 nitrogen and oxygen atoms in total. The van der Waals surface area contributed by atoms with Crippen molar-refractivity contribution in [3.8, 4) is 0 Å². The first kappa shape index (κ1) is 14.6. The first-order valence-electron chi connectivity index (χ1n) is 7.99. The van der Waals surface area contributed by atoms with Crippen molar-refractivity contribution in [2.75, 3.05) is 13.1 Å². The van der Waals surface area contributed by atoms with Crippen molar-refractivity contribution in [2.24, 2.45) is 0 Å². The first-order valence-corrected chi connectivity index (χ1v) is 7.99. The Morgan fingerprint density at radius 2 is 2.12 bits per heavy atom. The smallest absolute Gasteiger partial charge is 0.270 e. The molecule has 4 rings (SSSR count). The van der Waals surface area contributed by atoms with E-state index in [0.29, 0.717) is 18.7 Å². The molecule has 1 aliphatic heterocycles. The zero-order valence-corrected chi connectivity index (χ0v) is 13.1. The molecule has 1 fully saturated rings. The van der Waals surface area contributed by atoms with E-state index < -0.39 is 0 Å². The number of aromatic nitrogens is 4. The summed E-state index contributed by atoms with van der Waals surface area (Å²) in [6, 6.07) is 7.32. The van der Waals surface area contributed by atoms with Crippen molar-refractivity contribution in [2.45, 2.75) is 18.9 Å². The van der Waals surface area contributed by atoms with E-state index >= 15 is 0 Å². The molecule has 0 radical (unpaired) electrons. The Labute approximate surface area is 138 Å². The van der Waals surface area contributed by atoms with Gasteiger partial charge in [0, 0.05) is 37.9 Å². The van der Waals surface area contributed by atoms with Crippen molar-refractivity contribution in [3.63, 3.8) is 0 Å². The van der Waals surface area contributed by atoms with Gasteiger partial charge < -0.3 is 4.90 Å². The van der Waals surface area contributed by atoms with Gasteiger partial charge in [0.05, 0.1) is 6.04 Å². The molecule has 24 heavy (non-hydrogen) atoms. The molecular weight excluding hydrogens is 306 g/mol. The second kappa shape index (κ2) is 5.92. The van der Waals surface area contributed by atoms with Crippen LogP contribution in [0.5, 0.6) is 0 Å². The van der Waals surface area contributed by atoms with Crippen LogP contribution in [0.3, 0.4) is 0 Å². The summed E-state index contributed by atoms with van der Waals surface area (Å²) in [4.78, 5) is 31.4. The minimum atomic E-state index is -0.327. The second-order valence-electron chi connectivity index (χ2n) is 5.94. The van der Waals surface area contributed by atoms with Crippen LogP contribution in [0.4, 0.5) is 0 Å². The van der Waals surface area contributed by atoms with E-state index in [2.05, 4.69) is 10.1 Å². The molecule has 1 aliphatic rings. The molecule has 0 spiro atoms. The standard InChI is InChI=1S/C17H17N5O2/c23-16(14-11-18-15-6-1-2-9-21(15)17(14)24)20-8-3-5-13(12-20)22-10-4-7-19-22/h1-2,4,6-7,9-11,13H,3,5,8,12H2/t13-/m0/s1. The third-order valence-electron chi connectivity index (χ3n) is 4.43. The fraction of sp³-hybridized carbons (Fsp3) is 0.294. The van der Waals surface area contributed by atoms with Crippen molar-refractivity contribution >= 4 is 11.6 Å². The largest absolute Gasteiger partial charge is 0.336 e. The van der Waals surface area contributed by atoms with Gasteiger partial charge in [-0.3, -0.25) is 18.7 Å². The topological polar surface area (TPSA) is 72.5 Å². The molecule has 0 aliphatic carbocycles. The van der Waals surface area contributed by atoms with Crippen LogP contribution in [-0.2, 0) is 0 Å². The molecule has 4 heterocycles. The number of carbonyl (C=O) groups excluding carboxylic acids is 1. The molecule has 7 heteroatoms. The van der Waals surface area contributed by atoms with Crippen LogP contribution >= 0.6 is 0 Å². The number of carbonyl (C=O) groups is 1. The molecule has 1 atom stereocenters. The Morgan fingerprint density at radius 1 is 1.21 bits per heavy atom. The third kappa shape index (κ3) is 2.47. The van der Waals surface area contributed by atoms with Gasteiger partial charge in [0.1, 0.15) is 11.2 Å². The SMILES string of the molecule is O=C(c1cnc2ccccn2c1=O)N1CCC[C@H](n2cccn2)C1. The van der Waals surface area contributed by atoms with Gasteiger partial charge in [-0.1, -0.05) is 6.07 Å². The molecule has 122 valence electrons. The average molecular weight is 323 g/mol. The van der Waals surface area contributed by atoms with Gasteiger partial charge in [-0.05, 0) is 31.0 Å². The first-order chi connectivity index (χ1) is 11.7. The molecule has 1 amide bonds. The quantitative estimate of drug-likeness (QED) is 0.714. The maximum atomic E-state index is 12.8. The van der Waals surface area contributed by atoms with Crippen LogP contribution in [0.25, 0.3) is 5.65 Å². The van der Waals surface area contributed by atoms with Crippen molar-refractivity contribution in [1.29, 1.82) is 0 Å². The second-order valence-corrected chi connectivity index (χ2v) is 5.94. The summed E-state index contributed by atoms with van der Waals surface area (Å²) in [7, 11) is 0. The van der Waals surface area contributed by atoms with Gasteiger partial charge in [-0.2, -0.15) is 5.10 Å². The minimum Gasteiger partial charge on any atom is -0.336 e. The highest BCUT2D eigenvalue weighted by Gasteiger charge is 2.27. The van der Waals surface area contributed by atoms with E-state index in [1.54, 1.807) is 29.4 Å². The Hall–Kier alpha value is -2.96. The fourth-order valence-electron chi connectivity index (χ4n) is 3.20. The van der Waals surface area contributed by atoms with Crippen LogP contribution in [0.2, 0.25) is 0 Å². The molecule has 0 N–H and O–H groups in total. The van der Waals surface area contributed by atoms with Crippen LogP contribution in [0.15, 0.2) is 53.8 Å². The van der Waals surface area contributed by atoms with E-state index in [1.807, 2.05) is 23.0 Å². The molecule has 3 aromatic heterocycles. The summed E-state index contributed by atoms with van der Waals surface area (Å²) >= 11 is 0. The number of pyridine rings is 1. The highest BCUT2D eigenvalue weighted by molar-refractivity contribution is 5.93. The third-order valence-corrected chi connectivity index (χ3v) is 4.43. The highest BCUT2D eigenvalue weighted by Crippen LogP contribution is 2.21. The lowest BCUT2D eigenvalue weighted by Crippen LogP contribution is -2.43. The number of hydrogen-bond acceptors (Lipinski definition) is 4. The number of nitrogens with zero attached hydrogens (tertiary/aromatic N) is 5. The van der Waals surface area contributed by atoms with Gasteiger partial charge >= 0.3 is 0 Å². The maximum absolute atomic E-state index is 12.8. The number of hydrogen-bond donors (Lipinski definition) is 0. The molecule has 1 saturated heterocycles. The van der Waals surface area contributed by atoms with Crippen LogP contribution < -0.4 is 5.56 Å². The van der Waals surface area contributed by atoms with Gasteiger partial charge in [-0.25, -0.2) is 4.98 Å². The van der Waals surface area contributed by atoms with E-state index in [-0.39, 0.29) is 23.1 Å². The number of piperidine rings is 1. The number of fused-ring (bicyclic) bond motifs is 1. The van der Waals surface area contributed by atoms with Gasteiger partial charge in [0.2, 0.25) is 0 Å². The minimum absolute atomic E-state index is 0.111. The molecule has 0 aromatic carbocycles. The van der Waals surface area contributed by atoms with Crippen LogP contribution in [0, 0.1) is 0 Å². The van der Waals surface area contributed by atoms with Crippen LogP contribution in [-0.4, -0.2) is 43.1 Å². The molecule has 0 bridgehead atoms. The lowest BCUT2D eigenvalue weighted by atomic mass is 10.1.